The number of halogens is 1. The summed E-state index contributed by atoms with van der Waals surface area (Å²) >= 11 is 0. The van der Waals surface area contributed by atoms with Gasteiger partial charge in [0.15, 0.2) is 5.82 Å². The van der Waals surface area contributed by atoms with Crippen LogP contribution in [0.25, 0.3) is 11.3 Å². The van der Waals surface area contributed by atoms with Crippen molar-refractivity contribution in [1.82, 2.24) is 14.9 Å². The number of benzene rings is 1. The van der Waals surface area contributed by atoms with Crippen molar-refractivity contribution >= 4 is 21.8 Å². The summed E-state index contributed by atoms with van der Waals surface area (Å²) in [5.74, 6) is -2.22. The van der Waals surface area contributed by atoms with Crippen LogP contribution >= 0.6 is 0 Å². The fourth-order valence-electron chi connectivity index (χ4n) is 2.41. The molecule has 0 saturated carbocycles. The Labute approximate surface area is 137 Å². The fourth-order valence-corrected chi connectivity index (χ4v) is 3.57. The third kappa shape index (κ3) is 2.58. The Morgan fingerprint density at radius 2 is 2.08 bits per heavy atom. The number of amides is 1. The maximum atomic E-state index is 14.9. The van der Waals surface area contributed by atoms with Gasteiger partial charge in [-0.2, -0.15) is 13.5 Å². The zero-order valence-corrected chi connectivity index (χ0v) is 13.7. The molecular formula is C14H15FN4O4S. The van der Waals surface area contributed by atoms with Gasteiger partial charge in [-0.3, -0.25) is 9.89 Å². The van der Waals surface area contributed by atoms with E-state index in [9.17, 15) is 22.7 Å². The predicted octanol–water partition coefficient (Wildman–Crippen LogP) is 1.23. The molecule has 24 heavy (non-hydrogen) atoms. The Morgan fingerprint density at radius 1 is 1.38 bits per heavy atom. The molecule has 8 nitrogen and oxygen atoms in total. The maximum absolute atomic E-state index is 14.9. The minimum atomic E-state index is -4.24. The number of phenols is 1. The van der Waals surface area contributed by atoms with Gasteiger partial charge in [-0.15, -0.1) is 0 Å². The van der Waals surface area contributed by atoms with Crippen LogP contribution in [0.2, 0.25) is 0 Å². The average molecular weight is 354 g/mol. The SMILES string of the molecule is CC(C)c1cc(-c2ccc(O)c(N3CC(=O)NS3(=O)=O)c2F)n[nH]1. The largest absolute Gasteiger partial charge is 0.506 e. The molecule has 2 heterocycles. The number of hydrogen-bond donors (Lipinski definition) is 3. The molecule has 0 atom stereocenters. The minimum Gasteiger partial charge on any atom is -0.506 e. The molecule has 0 unspecified atom stereocenters. The molecular weight excluding hydrogens is 339 g/mol. The molecule has 1 amide bonds. The Hall–Kier alpha value is -2.62. The summed E-state index contributed by atoms with van der Waals surface area (Å²) in [6, 6.07) is 4.11. The predicted molar refractivity (Wildman–Crippen MR) is 84.1 cm³/mol. The van der Waals surface area contributed by atoms with Gasteiger partial charge in [0, 0.05) is 11.3 Å². The van der Waals surface area contributed by atoms with Crippen molar-refractivity contribution in [2.24, 2.45) is 0 Å². The van der Waals surface area contributed by atoms with Crippen LogP contribution in [0.4, 0.5) is 10.1 Å². The topological polar surface area (TPSA) is 115 Å². The second-order valence-electron chi connectivity index (χ2n) is 5.69. The number of nitrogens with one attached hydrogen (secondary N) is 2. The van der Waals surface area contributed by atoms with Gasteiger partial charge in [-0.05, 0) is 24.1 Å². The van der Waals surface area contributed by atoms with E-state index in [1.54, 1.807) is 10.8 Å². The molecule has 1 fully saturated rings. The lowest BCUT2D eigenvalue weighted by atomic mass is 10.1. The number of phenolic OH excluding ortho intramolecular Hbond substituents is 1. The molecule has 0 aliphatic carbocycles. The summed E-state index contributed by atoms with van der Waals surface area (Å²) in [5, 5.41) is 16.7. The van der Waals surface area contributed by atoms with E-state index in [4.69, 9.17) is 0 Å². The number of H-pyrrole nitrogens is 1. The zero-order chi connectivity index (χ0) is 17.6. The highest BCUT2D eigenvalue weighted by Gasteiger charge is 2.38. The highest BCUT2D eigenvalue weighted by molar-refractivity contribution is 7.92. The first-order chi connectivity index (χ1) is 11.2. The van der Waals surface area contributed by atoms with Gasteiger partial charge in [-0.25, -0.2) is 13.4 Å². The van der Waals surface area contributed by atoms with E-state index < -0.39 is 39.9 Å². The summed E-state index contributed by atoms with van der Waals surface area (Å²) < 4.78 is 41.0. The third-order valence-corrected chi connectivity index (χ3v) is 5.04. The van der Waals surface area contributed by atoms with Crippen LogP contribution in [-0.4, -0.2) is 36.2 Å². The van der Waals surface area contributed by atoms with Crippen LogP contribution < -0.4 is 9.03 Å². The van der Waals surface area contributed by atoms with Crippen molar-refractivity contribution < 1.29 is 22.7 Å². The molecule has 10 heteroatoms. The van der Waals surface area contributed by atoms with E-state index >= 15 is 0 Å². The second kappa shape index (κ2) is 5.48. The van der Waals surface area contributed by atoms with Gasteiger partial charge in [0.05, 0.1) is 5.69 Å². The first kappa shape index (κ1) is 16.2. The van der Waals surface area contributed by atoms with Crippen molar-refractivity contribution in [1.29, 1.82) is 0 Å². The first-order valence-electron chi connectivity index (χ1n) is 7.11. The van der Waals surface area contributed by atoms with E-state index in [-0.39, 0.29) is 17.2 Å². The Kier molecular flexibility index (Phi) is 3.71. The van der Waals surface area contributed by atoms with Crippen molar-refractivity contribution in [2.45, 2.75) is 19.8 Å². The third-order valence-electron chi connectivity index (χ3n) is 3.66. The van der Waals surface area contributed by atoms with Crippen molar-refractivity contribution in [2.75, 3.05) is 10.8 Å². The van der Waals surface area contributed by atoms with Crippen LogP contribution in [-0.2, 0) is 15.0 Å². The molecule has 1 aromatic heterocycles. The van der Waals surface area contributed by atoms with E-state index in [1.807, 2.05) is 13.8 Å². The van der Waals surface area contributed by atoms with Crippen LogP contribution in [0.5, 0.6) is 5.75 Å². The van der Waals surface area contributed by atoms with Crippen LogP contribution in [0.1, 0.15) is 25.5 Å². The molecule has 3 rings (SSSR count). The van der Waals surface area contributed by atoms with Crippen molar-refractivity contribution in [3.63, 3.8) is 0 Å². The zero-order valence-electron chi connectivity index (χ0n) is 12.9. The molecule has 2 aromatic rings. The number of anilines is 1. The van der Waals surface area contributed by atoms with Gasteiger partial charge in [0.25, 0.3) is 5.91 Å². The summed E-state index contributed by atoms with van der Waals surface area (Å²) in [7, 11) is -4.24. The smallest absolute Gasteiger partial charge is 0.326 e. The molecule has 1 aromatic carbocycles. The number of rotatable bonds is 3. The molecule has 1 aliphatic heterocycles. The van der Waals surface area contributed by atoms with Gasteiger partial charge < -0.3 is 5.11 Å². The van der Waals surface area contributed by atoms with Crippen LogP contribution in [0, 0.1) is 5.82 Å². The van der Waals surface area contributed by atoms with E-state index in [0.717, 1.165) is 11.8 Å². The summed E-state index contributed by atoms with van der Waals surface area (Å²) in [6.07, 6.45) is 0. The molecule has 0 spiro atoms. The molecule has 0 radical (unpaired) electrons. The van der Waals surface area contributed by atoms with Crippen LogP contribution in [0.15, 0.2) is 18.2 Å². The lowest BCUT2D eigenvalue weighted by Gasteiger charge is -2.18. The first-order valence-corrected chi connectivity index (χ1v) is 8.55. The Morgan fingerprint density at radius 3 is 2.62 bits per heavy atom. The molecule has 3 N–H and O–H groups in total. The fraction of sp³-hybridized carbons (Fsp3) is 0.286. The normalized spacial score (nSPS) is 16.7. The highest BCUT2D eigenvalue weighted by Crippen LogP contribution is 2.38. The van der Waals surface area contributed by atoms with E-state index in [0.29, 0.717) is 4.31 Å². The highest BCUT2D eigenvalue weighted by atomic mass is 32.2. The number of aromatic amines is 1. The lowest BCUT2D eigenvalue weighted by molar-refractivity contribution is -0.117. The van der Waals surface area contributed by atoms with Gasteiger partial charge in [0.2, 0.25) is 0 Å². The number of carbonyl (C=O) groups is 1. The molecule has 1 saturated heterocycles. The molecule has 1 aliphatic rings. The Bertz CT molecular complexity index is 923. The quantitative estimate of drug-likeness (QED) is 0.767. The van der Waals surface area contributed by atoms with E-state index in [1.165, 1.54) is 6.07 Å². The summed E-state index contributed by atoms with van der Waals surface area (Å²) in [4.78, 5) is 11.3. The number of aromatic nitrogens is 2. The summed E-state index contributed by atoms with van der Waals surface area (Å²) in [6.45, 7) is 3.27. The Balaban J connectivity index is 2.13. The van der Waals surface area contributed by atoms with Gasteiger partial charge in [0.1, 0.15) is 18.0 Å². The van der Waals surface area contributed by atoms with E-state index in [2.05, 4.69) is 10.2 Å². The maximum Gasteiger partial charge on any atom is 0.326 e. The van der Waals surface area contributed by atoms with Gasteiger partial charge in [-0.1, -0.05) is 13.8 Å². The van der Waals surface area contributed by atoms with Gasteiger partial charge >= 0.3 is 10.2 Å². The average Bonchev–Trinajstić information content (AvgIpc) is 3.04. The number of hydrogen-bond acceptors (Lipinski definition) is 5. The van der Waals surface area contributed by atoms with Crippen molar-refractivity contribution in [3.8, 4) is 17.0 Å². The number of nitrogens with zero attached hydrogens (tertiary/aromatic N) is 2. The second-order valence-corrected chi connectivity index (χ2v) is 7.29. The van der Waals surface area contributed by atoms with Crippen molar-refractivity contribution in [3.05, 3.63) is 29.7 Å². The summed E-state index contributed by atoms with van der Waals surface area (Å²) in [5.41, 5.74) is 0.485. The molecule has 128 valence electrons. The van der Waals surface area contributed by atoms with Crippen LogP contribution in [0.3, 0.4) is 0 Å². The lowest BCUT2D eigenvalue weighted by Crippen LogP contribution is -2.30. The molecule has 0 bridgehead atoms. The number of aromatic hydroxyl groups is 1. The number of carbonyl (C=O) groups excluding carboxylic acids is 1. The monoisotopic (exact) mass is 354 g/mol. The standard InChI is InChI=1S/C14H15FN4O4S/c1-7(2)9-5-10(17-16-9)8-3-4-11(20)14(13(8)15)19-6-12(21)18-24(19,22)23/h3-5,7,20H,6H2,1-2H3,(H,16,17)(H,18,21). The minimum absolute atomic E-state index is 0.0144.